The Morgan fingerprint density at radius 1 is 0.957 bits per heavy atom. The molecule has 0 spiro atoms. The molecule has 0 atom stereocenters. The van der Waals surface area contributed by atoms with E-state index in [1.54, 1.807) is 18.2 Å². The minimum absolute atomic E-state index is 0.0917. The molecule has 5 aromatic rings. The summed E-state index contributed by atoms with van der Waals surface area (Å²) in [6, 6.07) is 22.5. The van der Waals surface area contributed by atoms with Gasteiger partial charge in [-0.3, -0.25) is 4.79 Å². The third-order valence-electron chi connectivity index (χ3n) is 7.28. The second-order valence-corrected chi connectivity index (χ2v) is 11.7. The number of fused-ring (bicyclic) bond motifs is 1. The lowest BCUT2D eigenvalue weighted by molar-refractivity contribution is 0.0923. The minimum Gasteiger partial charge on any atom is -0.490 e. The first kappa shape index (κ1) is 32.1. The van der Waals surface area contributed by atoms with Crippen LogP contribution < -0.4 is 29.1 Å². The van der Waals surface area contributed by atoms with Crippen molar-refractivity contribution in [3.8, 4) is 34.4 Å². The van der Waals surface area contributed by atoms with Gasteiger partial charge in [-0.15, -0.1) is 0 Å². The largest absolute Gasteiger partial charge is 0.490 e. The van der Waals surface area contributed by atoms with Gasteiger partial charge in [0.1, 0.15) is 29.7 Å². The molecule has 0 aliphatic carbocycles. The van der Waals surface area contributed by atoms with Crippen LogP contribution >= 0.6 is 27.5 Å². The Bertz CT molecular complexity index is 1910. The van der Waals surface area contributed by atoms with Gasteiger partial charge in [-0.2, -0.15) is 5.10 Å². The molecule has 3 aromatic carbocycles. The number of rotatable bonds is 12. The van der Waals surface area contributed by atoms with Crippen LogP contribution in [0.1, 0.15) is 45.8 Å². The number of nitrogens with one attached hydrogen (secondary N) is 1. The maximum absolute atomic E-state index is 12.7. The molecular formula is C35H31BrClN3O7. The number of aryl methyl sites for hydroxylation is 2. The van der Waals surface area contributed by atoms with Gasteiger partial charge in [-0.1, -0.05) is 17.7 Å². The Morgan fingerprint density at radius 2 is 1.72 bits per heavy atom. The van der Waals surface area contributed by atoms with Crippen molar-refractivity contribution in [2.45, 2.75) is 34.0 Å². The van der Waals surface area contributed by atoms with Gasteiger partial charge >= 0.3 is 5.91 Å². The van der Waals surface area contributed by atoms with Crippen LogP contribution in [-0.4, -0.2) is 30.1 Å². The van der Waals surface area contributed by atoms with Crippen LogP contribution in [0.25, 0.3) is 5.69 Å². The molecule has 1 amide bonds. The lowest BCUT2D eigenvalue weighted by Crippen LogP contribution is -2.16. The quantitative estimate of drug-likeness (QED) is 0.102. The number of carbonyl (C=O) groups is 1. The molecule has 242 valence electrons. The van der Waals surface area contributed by atoms with Crippen LogP contribution in [0.15, 0.2) is 86.8 Å². The van der Waals surface area contributed by atoms with Crippen LogP contribution in [0.2, 0.25) is 5.02 Å². The minimum atomic E-state index is -0.523. The summed E-state index contributed by atoms with van der Waals surface area (Å²) in [5.41, 5.74) is 7.29. The van der Waals surface area contributed by atoms with Gasteiger partial charge in [0.15, 0.2) is 28.8 Å². The summed E-state index contributed by atoms with van der Waals surface area (Å²) in [6.07, 6.45) is 1.45. The van der Waals surface area contributed by atoms with Crippen molar-refractivity contribution in [1.29, 1.82) is 0 Å². The standard InChI is InChI=1S/C35H31BrClN3O7/c1-4-42-31-16-24(32(36)33(37)34(31)44-18-23-7-13-28-30(15-23)46-20-45-28)17-38-39-35(41)29-14-12-27(47-29)19-43-26-10-8-25(9-11-26)40-21(2)5-6-22(40)3/h5-17H,4,18-20H2,1-3H3,(H,39,41)/b38-17+. The molecule has 3 heterocycles. The van der Waals surface area contributed by atoms with E-state index < -0.39 is 5.91 Å². The number of benzene rings is 3. The highest BCUT2D eigenvalue weighted by Crippen LogP contribution is 2.43. The van der Waals surface area contributed by atoms with Crippen LogP contribution in [0.4, 0.5) is 0 Å². The molecule has 0 bridgehead atoms. The number of hydrogen-bond acceptors (Lipinski definition) is 8. The maximum atomic E-state index is 12.7. The van der Waals surface area contributed by atoms with Gasteiger partial charge in [-0.25, -0.2) is 5.43 Å². The monoisotopic (exact) mass is 719 g/mol. The summed E-state index contributed by atoms with van der Waals surface area (Å²) in [7, 11) is 0. The van der Waals surface area contributed by atoms with Crippen molar-refractivity contribution >= 4 is 39.7 Å². The lowest BCUT2D eigenvalue weighted by atomic mass is 10.2. The molecule has 0 fully saturated rings. The Hall–Kier alpha value is -4.87. The van der Waals surface area contributed by atoms with Crippen molar-refractivity contribution in [3.05, 3.63) is 116 Å². The zero-order chi connectivity index (χ0) is 32.9. The van der Waals surface area contributed by atoms with Crippen molar-refractivity contribution < 1.29 is 32.9 Å². The topological polar surface area (TPSA) is 106 Å². The molecule has 1 aliphatic heterocycles. The van der Waals surface area contributed by atoms with E-state index in [1.165, 1.54) is 6.21 Å². The number of hydrogen-bond donors (Lipinski definition) is 1. The highest BCUT2D eigenvalue weighted by atomic mass is 79.9. The van der Waals surface area contributed by atoms with Crippen molar-refractivity contribution in [3.63, 3.8) is 0 Å². The van der Waals surface area contributed by atoms with Gasteiger partial charge in [0.05, 0.1) is 12.8 Å². The predicted molar refractivity (Wildman–Crippen MR) is 181 cm³/mol. The van der Waals surface area contributed by atoms with E-state index in [4.69, 9.17) is 39.7 Å². The van der Waals surface area contributed by atoms with Crippen molar-refractivity contribution in [2.24, 2.45) is 5.10 Å². The van der Waals surface area contributed by atoms with Gasteiger partial charge in [0.25, 0.3) is 0 Å². The van der Waals surface area contributed by atoms with E-state index in [9.17, 15) is 4.79 Å². The number of amides is 1. The summed E-state index contributed by atoms with van der Waals surface area (Å²) in [6.45, 7) is 6.95. The summed E-state index contributed by atoms with van der Waals surface area (Å²) in [4.78, 5) is 12.7. The Morgan fingerprint density at radius 3 is 2.49 bits per heavy atom. The number of nitrogens with zero attached hydrogens (tertiary/aromatic N) is 2. The summed E-state index contributed by atoms with van der Waals surface area (Å²) >= 11 is 10.2. The number of halogens is 2. The summed E-state index contributed by atoms with van der Waals surface area (Å²) in [5, 5.41) is 4.39. The molecule has 2 aromatic heterocycles. The zero-order valence-corrected chi connectivity index (χ0v) is 28.2. The fourth-order valence-corrected chi connectivity index (χ4v) is 5.65. The molecule has 1 N–H and O–H groups in total. The Balaban J connectivity index is 1.05. The first-order valence-corrected chi connectivity index (χ1v) is 15.9. The first-order chi connectivity index (χ1) is 22.8. The molecule has 1 aliphatic rings. The molecule has 0 unspecified atom stereocenters. The number of ether oxygens (including phenoxy) is 5. The van der Waals surface area contributed by atoms with Crippen LogP contribution in [0.5, 0.6) is 28.7 Å². The summed E-state index contributed by atoms with van der Waals surface area (Å²) < 4.78 is 36.9. The van der Waals surface area contributed by atoms with E-state index in [2.05, 4.69) is 57.0 Å². The average molecular weight is 721 g/mol. The van der Waals surface area contributed by atoms with Gasteiger partial charge in [0, 0.05) is 27.1 Å². The summed E-state index contributed by atoms with van der Waals surface area (Å²) in [5.74, 6) is 2.89. The van der Waals surface area contributed by atoms with Crippen LogP contribution in [0.3, 0.4) is 0 Å². The van der Waals surface area contributed by atoms with Crippen molar-refractivity contribution in [1.82, 2.24) is 9.99 Å². The molecule has 0 saturated heterocycles. The molecule has 10 nitrogen and oxygen atoms in total. The van der Waals surface area contributed by atoms with Crippen LogP contribution in [-0.2, 0) is 13.2 Å². The highest BCUT2D eigenvalue weighted by Gasteiger charge is 2.19. The molecule has 0 radical (unpaired) electrons. The van der Waals surface area contributed by atoms with E-state index in [-0.39, 0.29) is 25.8 Å². The number of aromatic nitrogens is 1. The second kappa shape index (κ2) is 14.3. The Labute approximate surface area is 284 Å². The fraction of sp³-hybridized carbons (Fsp3) is 0.200. The molecular weight excluding hydrogens is 690 g/mol. The van der Waals surface area contributed by atoms with E-state index in [0.29, 0.717) is 56.2 Å². The van der Waals surface area contributed by atoms with E-state index in [1.807, 2.05) is 49.4 Å². The third kappa shape index (κ3) is 7.26. The molecule has 6 rings (SSSR count). The molecule has 47 heavy (non-hydrogen) atoms. The predicted octanol–water partition coefficient (Wildman–Crippen LogP) is 8.15. The third-order valence-corrected chi connectivity index (χ3v) is 8.72. The molecule has 0 saturated carbocycles. The lowest BCUT2D eigenvalue weighted by Gasteiger charge is -2.16. The highest BCUT2D eigenvalue weighted by molar-refractivity contribution is 9.10. The Kier molecular flexibility index (Phi) is 9.74. The molecule has 12 heteroatoms. The number of furan rings is 1. The van der Waals surface area contributed by atoms with Gasteiger partial charge in [-0.05, 0) is 109 Å². The smallest absolute Gasteiger partial charge is 0.307 e. The van der Waals surface area contributed by atoms with Crippen LogP contribution in [0, 0.1) is 13.8 Å². The van der Waals surface area contributed by atoms with E-state index in [0.717, 1.165) is 22.6 Å². The van der Waals surface area contributed by atoms with Crippen molar-refractivity contribution in [2.75, 3.05) is 13.4 Å². The fourth-order valence-electron chi connectivity index (χ4n) is 5.00. The van der Waals surface area contributed by atoms with Gasteiger partial charge in [0.2, 0.25) is 6.79 Å². The first-order valence-electron chi connectivity index (χ1n) is 14.8. The SMILES string of the molecule is CCOc1cc(/C=N/NC(=O)c2ccc(COc3ccc(-n4c(C)ccc4C)cc3)o2)c(Br)c(Cl)c1OCc1ccc2c(c1)OCO2. The van der Waals surface area contributed by atoms with Gasteiger partial charge < -0.3 is 32.7 Å². The average Bonchev–Trinajstić information content (AvgIpc) is 3.82. The van der Waals surface area contributed by atoms with E-state index >= 15 is 0 Å². The number of hydrazone groups is 1. The maximum Gasteiger partial charge on any atom is 0.307 e. The zero-order valence-electron chi connectivity index (χ0n) is 25.8. The number of carbonyl (C=O) groups excluding carboxylic acids is 1. The second-order valence-electron chi connectivity index (χ2n) is 10.5. The normalized spacial score (nSPS) is 12.0.